The van der Waals surface area contributed by atoms with Crippen molar-refractivity contribution in [1.29, 1.82) is 0 Å². The van der Waals surface area contributed by atoms with Crippen molar-refractivity contribution < 1.29 is 13.9 Å². The molecule has 0 saturated carbocycles. The first kappa shape index (κ1) is 11.9. The van der Waals surface area contributed by atoms with Crippen molar-refractivity contribution in [3.05, 3.63) is 35.6 Å². The first-order valence-corrected chi connectivity index (χ1v) is 5.73. The lowest BCUT2D eigenvalue weighted by atomic mass is 10.1. The Labute approximate surface area is 100 Å². The number of carbonyl (C=O) groups excluding carboxylic acids is 1. The molecule has 1 aromatic heterocycles. The molecule has 90 valence electrons. The number of Topliss-reactive ketones (excluding diaryl/α,β-unsaturated/α-hetero) is 1. The van der Waals surface area contributed by atoms with Crippen LogP contribution in [0.5, 0.6) is 0 Å². The summed E-state index contributed by atoms with van der Waals surface area (Å²) in [5.41, 5.74) is 1.93. The summed E-state index contributed by atoms with van der Waals surface area (Å²) in [7, 11) is 1.63. The summed E-state index contributed by atoms with van der Waals surface area (Å²) in [6.07, 6.45) is 1.19. The highest BCUT2D eigenvalue weighted by molar-refractivity contribution is 5.97. The SMILES string of the molecule is COCCCC(=O)c1cc2cc(C)ccc2o1. The fraction of sp³-hybridized carbons (Fsp3) is 0.357. The van der Waals surface area contributed by atoms with E-state index in [1.807, 2.05) is 31.2 Å². The molecule has 0 N–H and O–H groups in total. The molecule has 0 amide bonds. The van der Waals surface area contributed by atoms with Gasteiger partial charge in [-0.2, -0.15) is 0 Å². The molecular weight excluding hydrogens is 216 g/mol. The van der Waals surface area contributed by atoms with Gasteiger partial charge in [0.1, 0.15) is 5.58 Å². The van der Waals surface area contributed by atoms with Gasteiger partial charge in [0, 0.05) is 25.5 Å². The monoisotopic (exact) mass is 232 g/mol. The summed E-state index contributed by atoms with van der Waals surface area (Å²) in [4.78, 5) is 11.8. The third-order valence-corrected chi connectivity index (χ3v) is 2.70. The van der Waals surface area contributed by atoms with Crippen LogP contribution in [0.2, 0.25) is 0 Å². The van der Waals surface area contributed by atoms with Crippen molar-refractivity contribution in [2.45, 2.75) is 19.8 Å². The van der Waals surface area contributed by atoms with E-state index in [0.717, 1.165) is 23.0 Å². The van der Waals surface area contributed by atoms with Crippen LogP contribution in [0.25, 0.3) is 11.0 Å². The molecule has 0 radical (unpaired) electrons. The van der Waals surface area contributed by atoms with Gasteiger partial charge in [-0.15, -0.1) is 0 Å². The number of hydrogen-bond donors (Lipinski definition) is 0. The molecular formula is C14H16O3. The number of hydrogen-bond acceptors (Lipinski definition) is 3. The zero-order valence-corrected chi connectivity index (χ0v) is 10.2. The van der Waals surface area contributed by atoms with Crippen molar-refractivity contribution in [3.8, 4) is 0 Å². The lowest BCUT2D eigenvalue weighted by molar-refractivity contribution is 0.0938. The van der Waals surface area contributed by atoms with Crippen LogP contribution in [0.4, 0.5) is 0 Å². The number of carbonyl (C=O) groups is 1. The molecule has 2 rings (SSSR count). The minimum Gasteiger partial charge on any atom is -0.453 e. The van der Waals surface area contributed by atoms with Crippen LogP contribution in [0.3, 0.4) is 0 Å². The van der Waals surface area contributed by atoms with Crippen molar-refractivity contribution in [2.75, 3.05) is 13.7 Å². The molecule has 0 saturated heterocycles. The first-order chi connectivity index (χ1) is 8.20. The normalized spacial score (nSPS) is 10.9. The van der Waals surface area contributed by atoms with Crippen molar-refractivity contribution >= 4 is 16.8 Å². The number of benzene rings is 1. The van der Waals surface area contributed by atoms with Gasteiger partial charge in [0.2, 0.25) is 0 Å². The standard InChI is InChI=1S/C14H16O3/c1-10-5-6-13-11(8-10)9-14(17-13)12(15)4-3-7-16-2/h5-6,8-9H,3-4,7H2,1-2H3. The van der Waals surface area contributed by atoms with Gasteiger partial charge in [-0.1, -0.05) is 11.6 Å². The number of furan rings is 1. The largest absolute Gasteiger partial charge is 0.453 e. The Morgan fingerprint density at radius 2 is 2.18 bits per heavy atom. The van der Waals surface area contributed by atoms with Gasteiger partial charge in [0.15, 0.2) is 11.5 Å². The number of fused-ring (bicyclic) bond motifs is 1. The summed E-state index contributed by atoms with van der Waals surface area (Å²) in [5, 5.41) is 0.986. The van der Waals surface area contributed by atoms with Crippen LogP contribution in [0.15, 0.2) is 28.7 Å². The third kappa shape index (κ3) is 2.74. The van der Waals surface area contributed by atoms with E-state index in [1.54, 1.807) is 7.11 Å². The van der Waals surface area contributed by atoms with Crippen LogP contribution in [-0.4, -0.2) is 19.5 Å². The predicted molar refractivity (Wildman–Crippen MR) is 66.4 cm³/mol. The maximum Gasteiger partial charge on any atom is 0.198 e. The number of methoxy groups -OCH3 is 1. The average Bonchev–Trinajstić information content (AvgIpc) is 2.72. The zero-order valence-electron chi connectivity index (χ0n) is 10.2. The minimum atomic E-state index is 0.0379. The fourth-order valence-electron chi connectivity index (χ4n) is 1.80. The van der Waals surface area contributed by atoms with Crippen LogP contribution in [-0.2, 0) is 4.74 Å². The van der Waals surface area contributed by atoms with Gasteiger partial charge in [0.05, 0.1) is 0 Å². The van der Waals surface area contributed by atoms with Gasteiger partial charge in [-0.05, 0) is 31.5 Å². The highest BCUT2D eigenvalue weighted by atomic mass is 16.5. The molecule has 0 unspecified atom stereocenters. The van der Waals surface area contributed by atoms with E-state index in [4.69, 9.17) is 9.15 Å². The summed E-state index contributed by atoms with van der Waals surface area (Å²) in [6, 6.07) is 7.71. The molecule has 0 aliphatic heterocycles. The maximum absolute atomic E-state index is 11.8. The molecule has 0 spiro atoms. The Balaban J connectivity index is 2.15. The molecule has 3 nitrogen and oxygen atoms in total. The summed E-state index contributed by atoms with van der Waals surface area (Å²) in [5.74, 6) is 0.484. The summed E-state index contributed by atoms with van der Waals surface area (Å²) >= 11 is 0. The lowest BCUT2D eigenvalue weighted by Gasteiger charge is -1.96. The zero-order chi connectivity index (χ0) is 12.3. The topological polar surface area (TPSA) is 39.4 Å². The van der Waals surface area contributed by atoms with E-state index in [1.165, 1.54) is 0 Å². The van der Waals surface area contributed by atoms with Gasteiger partial charge >= 0.3 is 0 Å². The Bertz CT molecular complexity index is 525. The first-order valence-electron chi connectivity index (χ1n) is 5.73. The smallest absolute Gasteiger partial charge is 0.198 e. The quantitative estimate of drug-likeness (QED) is 0.586. The highest BCUT2D eigenvalue weighted by Gasteiger charge is 2.11. The molecule has 0 aliphatic carbocycles. The summed E-state index contributed by atoms with van der Waals surface area (Å²) in [6.45, 7) is 2.62. The van der Waals surface area contributed by atoms with Gasteiger partial charge in [0.25, 0.3) is 0 Å². The average molecular weight is 232 g/mol. The van der Waals surface area contributed by atoms with Crippen LogP contribution >= 0.6 is 0 Å². The molecule has 2 aromatic rings. The molecule has 17 heavy (non-hydrogen) atoms. The fourth-order valence-corrected chi connectivity index (χ4v) is 1.80. The number of aryl methyl sites for hydroxylation is 1. The van der Waals surface area contributed by atoms with Crippen molar-refractivity contribution in [2.24, 2.45) is 0 Å². The molecule has 0 aliphatic rings. The molecule has 0 fully saturated rings. The number of ether oxygens (including phenoxy) is 1. The van der Waals surface area contributed by atoms with Crippen molar-refractivity contribution in [3.63, 3.8) is 0 Å². The van der Waals surface area contributed by atoms with Gasteiger partial charge in [-0.3, -0.25) is 4.79 Å². The van der Waals surface area contributed by atoms with Crippen molar-refractivity contribution in [1.82, 2.24) is 0 Å². The maximum atomic E-state index is 11.8. The van der Waals surface area contributed by atoms with Gasteiger partial charge < -0.3 is 9.15 Å². The molecule has 0 atom stereocenters. The minimum absolute atomic E-state index is 0.0379. The van der Waals surface area contributed by atoms with E-state index in [9.17, 15) is 4.79 Å². The van der Waals surface area contributed by atoms with Gasteiger partial charge in [-0.25, -0.2) is 0 Å². The molecule has 3 heteroatoms. The Morgan fingerprint density at radius 1 is 1.35 bits per heavy atom. The van der Waals surface area contributed by atoms with E-state index in [0.29, 0.717) is 18.8 Å². The Hall–Kier alpha value is -1.61. The van der Waals surface area contributed by atoms with Crippen LogP contribution < -0.4 is 0 Å². The Kier molecular flexibility index (Phi) is 3.59. The Morgan fingerprint density at radius 3 is 2.94 bits per heavy atom. The molecule has 0 bridgehead atoms. The third-order valence-electron chi connectivity index (χ3n) is 2.70. The number of rotatable bonds is 5. The number of ketones is 1. The van der Waals surface area contributed by atoms with E-state index >= 15 is 0 Å². The van der Waals surface area contributed by atoms with Crippen LogP contribution in [0, 0.1) is 6.92 Å². The van der Waals surface area contributed by atoms with E-state index < -0.39 is 0 Å². The summed E-state index contributed by atoms with van der Waals surface area (Å²) < 4.78 is 10.4. The lowest BCUT2D eigenvalue weighted by Crippen LogP contribution is -1.99. The highest BCUT2D eigenvalue weighted by Crippen LogP contribution is 2.21. The second kappa shape index (κ2) is 5.15. The van der Waals surface area contributed by atoms with Crippen LogP contribution in [0.1, 0.15) is 29.0 Å². The van der Waals surface area contributed by atoms with E-state index in [-0.39, 0.29) is 5.78 Å². The van der Waals surface area contributed by atoms with E-state index in [2.05, 4.69) is 0 Å². The molecule has 1 aromatic carbocycles. The molecule has 1 heterocycles. The predicted octanol–water partition coefficient (Wildman–Crippen LogP) is 3.35. The second-order valence-corrected chi connectivity index (χ2v) is 4.17. The second-order valence-electron chi connectivity index (χ2n) is 4.17.